The lowest BCUT2D eigenvalue weighted by Crippen LogP contribution is -2.36. The Labute approximate surface area is 133 Å². The third kappa shape index (κ3) is 2.48. The number of benzene rings is 1. The van der Waals surface area contributed by atoms with Crippen molar-refractivity contribution in [2.75, 3.05) is 13.1 Å². The average molecular weight is 313 g/mol. The van der Waals surface area contributed by atoms with Crippen LogP contribution in [0.4, 0.5) is 0 Å². The molecule has 1 aromatic carbocycles. The van der Waals surface area contributed by atoms with Gasteiger partial charge in [-0.15, -0.1) is 5.10 Å². The first-order valence-electron chi connectivity index (χ1n) is 7.69. The molecule has 0 aliphatic heterocycles. The lowest BCUT2D eigenvalue weighted by Gasteiger charge is -2.17. The highest BCUT2D eigenvalue weighted by atomic mass is 16.2. The zero-order chi connectivity index (χ0) is 16.6. The van der Waals surface area contributed by atoms with Crippen LogP contribution in [-0.2, 0) is 11.3 Å². The van der Waals surface area contributed by atoms with E-state index in [0.717, 1.165) is 10.9 Å². The second kappa shape index (κ2) is 5.83. The smallest absolute Gasteiger partial charge is 0.342 e. The number of rotatable bonds is 4. The molecule has 2 heterocycles. The molecule has 0 fully saturated rings. The van der Waals surface area contributed by atoms with E-state index >= 15 is 0 Å². The molecule has 0 aliphatic rings. The normalized spacial score (nSPS) is 11.3. The van der Waals surface area contributed by atoms with Crippen LogP contribution in [-0.4, -0.2) is 43.1 Å². The Kier molecular flexibility index (Phi) is 3.85. The molecule has 7 nitrogen and oxygen atoms in total. The zero-order valence-corrected chi connectivity index (χ0v) is 13.5. The third-order valence-electron chi connectivity index (χ3n) is 3.99. The van der Waals surface area contributed by atoms with Crippen LogP contribution in [0.1, 0.15) is 19.7 Å². The summed E-state index contributed by atoms with van der Waals surface area (Å²) in [7, 11) is 0. The number of para-hydroxylation sites is 1. The van der Waals surface area contributed by atoms with Gasteiger partial charge in [0, 0.05) is 18.5 Å². The minimum atomic E-state index is -0.337. The number of carbonyl (C=O) groups is 1. The number of nitrogens with zero attached hydrogens (tertiary/aromatic N) is 5. The van der Waals surface area contributed by atoms with Gasteiger partial charge in [-0.2, -0.15) is 0 Å². The molecule has 0 spiro atoms. The molecule has 0 radical (unpaired) electrons. The van der Waals surface area contributed by atoms with Crippen molar-refractivity contribution in [3.05, 3.63) is 40.6 Å². The van der Waals surface area contributed by atoms with Gasteiger partial charge in [-0.3, -0.25) is 4.79 Å². The second-order valence-corrected chi connectivity index (χ2v) is 5.34. The summed E-state index contributed by atoms with van der Waals surface area (Å²) in [6, 6.07) is 7.53. The highest BCUT2D eigenvalue weighted by Crippen LogP contribution is 2.16. The lowest BCUT2D eigenvalue weighted by atomic mass is 10.2. The molecular weight excluding hydrogens is 294 g/mol. The van der Waals surface area contributed by atoms with Crippen molar-refractivity contribution in [1.29, 1.82) is 0 Å². The molecule has 0 N–H and O–H groups in total. The van der Waals surface area contributed by atoms with Crippen LogP contribution in [0, 0.1) is 6.92 Å². The Morgan fingerprint density at radius 1 is 1.22 bits per heavy atom. The Morgan fingerprint density at radius 3 is 2.61 bits per heavy atom. The molecule has 3 rings (SSSR count). The van der Waals surface area contributed by atoms with Gasteiger partial charge in [0.25, 0.3) is 0 Å². The Balaban J connectivity index is 2.15. The summed E-state index contributed by atoms with van der Waals surface area (Å²) in [4.78, 5) is 31.0. The number of likely N-dealkylation sites (N-methyl/N-ethyl adjacent to an activating group) is 1. The number of amides is 1. The summed E-state index contributed by atoms with van der Waals surface area (Å²) in [5.74, 6) is 0.445. The molecule has 0 saturated carbocycles. The highest BCUT2D eigenvalue weighted by molar-refractivity contribution is 5.91. The van der Waals surface area contributed by atoms with Gasteiger partial charge in [-0.1, -0.05) is 12.1 Å². The molecule has 3 aromatic rings. The van der Waals surface area contributed by atoms with Gasteiger partial charge in [0.05, 0.1) is 5.52 Å². The van der Waals surface area contributed by atoms with Crippen LogP contribution >= 0.6 is 0 Å². The van der Waals surface area contributed by atoms with Crippen LogP contribution in [0.15, 0.2) is 29.1 Å². The molecule has 0 saturated heterocycles. The van der Waals surface area contributed by atoms with Crippen LogP contribution in [0.5, 0.6) is 0 Å². The number of hydrogen-bond donors (Lipinski definition) is 0. The zero-order valence-electron chi connectivity index (χ0n) is 13.5. The van der Waals surface area contributed by atoms with Crippen molar-refractivity contribution >= 4 is 22.5 Å². The standard InChI is InChI=1S/C16H19N5O2/c1-4-19(5-2)14(22)10-20-16(23)21-11(3)17-13-9-7-6-8-12(13)15(21)18-20/h6-9H,4-5,10H2,1-3H3. The van der Waals surface area contributed by atoms with Crippen LogP contribution in [0.3, 0.4) is 0 Å². The summed E-state index contributed by atoms with van der Waals surface area (Å²) < 4.78 is 2.68. The molecule has 1 amide bonds. The van der Waals surface area contributed by atoms with Gasteiger partial charge in [0.15, 0.2) is 5.65 Å². The first kappa shape index (κ1) is 15.2. The molecule has 2 aromatic heterocycles. The molecular formula is C16H19N5O2. The minimum Gasteiger partial charge on any atom is -0.342 e. The number of hydrogen-bond acceptors (Lipinski definition) is 4. The van der Waals surface area contributed by atoms with Crippen LogP contribution in [0.2, 0.25) is 0 Å². The van der Waals surface area contributed by atoms with Crippen LogP contribution < -0.4 is 5.69 Å². The minimum absolute atomic E-state index is 0.0596. The van der Waals surface area contributed by atoms with Crippen molar-refractivity contribution in [2.24, 2.45) is 0 Å². The molecule has 0 bridgehead atoms. The number of aryl methyl sites for hydroxylation is 1. The van der Waals surface area contributed by atoms with Gasteiger partial charge in [-0.05, 0) is 32.9 Å². The summed E-state index contributed by atoms with van der Waals surface area (Å²) in [6.07, 6.45) is 0. The fourth-order valence-corrected chi connectivity index (χ4v) is 2.77. The fraction of sp³-hybridized carbons (Fsp3) is 0.375. The average Bonchev–Trinajstić information content (AvgIpc) is 2.86. The predicted molar refractivity (Wildman–Crippen MR) is 87.4 cm³/mol. The summed E-state index contributed by atoms with van der Waals surface area (Å²) in [6.45, 7) is 6.75. The Morgan fingerprint density at radius 2 is 1.91 bits per heavy atom. The van der Waals surface area contributed by atoms with E-state index in [0.29, 0.717) is 24.6 Å². The van der Waals surface area contributed by atoms with E-state index in [1.165, 1.54) is 9.08 Å². The van der Waals surface area contributed by atoms with E-state index in [1.807, 2.05) is 38.1 Å². The quantitative estimate of drug-likeness (QED) is 0.726. The Hall–Kier alpha value is -2.70. The van der Waals surface area contributed by atoms with Gasteiger partial charge >= 0.3 is 5.69 Å². The van der Waals surface area contributed by atoms with E-state index < -0.39 is 0 Å². The molecule has 0 atom stereocenters. The monoisotopic (exact) mass is 313 g/mol. The molecule has 120 valence electrons. The Bertz CT molecular complexity index is 937. The third-order valence-corrected chi connectivity index (χ3v) is 3.99. The van der Waals surface area contributed by atoms with Gasteiger partial charge < -0.3 is 4.90 Å². The summed E-state index contributed by atoms with van der Waals surface area (Å²) in [5.41, 5.74) is 0.978. The van der Waals surface area contributed by atoms with Crippen LogP contribution in [0.25, 0.3) is 16.6 Å². The first-order valence-corrected chi connectivity index (χ1v) is 7.69. The maximum Gasteiger partial charge on any atom is 0.352 e. The van der Waals surface area contributed by atoms with E-state index in [-0.39, 0.29) is 18.1 Å². The van der Waals surface area contributed by atoms with Crippen molar-refractivity contribution in [3.63, 3.8) is 0 Å². The van der Waals surface area contributed by atoms with E-state index in [1.54, 1.807) is 11.8 Å². The second-order valence-electron chi connectivity index (χ2n) is 5.34. The van der Waals surface area contributed by atoms with Gasteiger partial charge in [0.1, 0.15) is 12.4 Å². The summed E-state index contributed by atoms with van der Waals surface area (Å²) in [5, 5.41) is 5.17. The lowest BCUT2D eigenvalue weighted by molar-refractivity contribution is -0.131. The summed E-state index contributed by atoms with van der Waals surface area (Å²) >= 11 is 0. The van der Waals surface area contributed by atoms with Gasteiger partial charge in [-0.25, -0.2) is 18.9 Å². The maximum atomic E-state index is 12.6. The largest absolute Gasteiger partial charge is 0.352 e. The number of carbonyl (C=O) groups excluding carboxylic acids is 1. The van der Waals surface area contributed by atoms with Crippen molar-refractivity contribution in [1.82, 2.24) is 24.1 Å². The van der Waals surface area contributed by atoms with Crippen molar-refractivity contribution in [2.45, 2.75) is 27.3 Å². The predicted octanol–water partition coefficient (Wildman–Crippen LogP) is 1.22. The van der Waals surface area contributed by atoms with Crippen molar-refractivity contribution < 1.29 is 4.79 Å². The fourth-order valence-electron chi connectivity index (χ4n) is 2.77. The number of fused-ring (bicyclic) bond motifs is 3. The topological polar surface area (TPSA) is 72.5 Å². The molecule has 7 heteroatoms. The SMILES string of the molecule is CCN(CC)C(=O)Cn1nc2c3ccccc3nc(C)n2c1=O. The van der Waals surface area contributed by atoms with E-state index in [2.05, 4.69) is 10.1 Å². The van der Waals surface area contributed by atoms with Gasteiger partial charge in [0.2, 0.25) is 5.91 Å². The number of aromatic nitrogens is 4. The highest BCUT2D eigenvalue weighted by Gasteiger charge is 2.17. The molecule has 0 aliphatic carbocycles. The molecule has 0 unspecified atom stereocenters. The van der Waals surface area contributed by atoms with Crippen molar-refractivity contribution in [3.8, 4) is 0 Å². The first-order chi connectivity index (χ1) is 11.1. The maximum absolute atomic E-state index is 12.6. The molecule has 23 heavy (non-hydrogen) atoms. The van der Waals surface area contributed by atoms with E-state index in [9.17, 15) is 9.59 Å². The van der Waals surface area contributed by atoms with E-state index in [4.69, 9.17) is 0 Å².